The second kappa shape index (κ2) is 3.14. The maximum atomic E-state index is 5.74. The minimum Gasteiger partial charge on any atom is -0.399 e. The Kier molecular flexibility index (Phi) is 2.43. The van der Waals surface area contributed by atoms with E-state index in [0.29, 0.717) is 10.7 Å². The normalized spacial score (nSPS) is 9.80. The Labute approximate surface area is 68.7 Å². The summed E-state index contributed by atoms with van der Waals surface area (Å²) >= 11 is 6.84. The number of anilines is 1. The number of benzene rings is 1. The van der Waals surface area contributed by atoms with Gasteiger partial charge in [-0.1, -0.05) is 11.6 Å². The molecule has 1 rings (SSSR count). The molecule has 4 N–H and O–H groups in total. The summed E-state index contributed by atoms with van der Waals surface area (Å²) in [4.78, 5) is 0.807. The fraction of sp³-hybridized carbons (Fsp3) is 0. The molecule has 2 nitrogen and oxygen atoms in total. The first-order valence-corrected chi connectivity index (χ1v) is 3.91. The van der Waals surface area contributed by atoms with Gasteiger partial charge in [0.2, 0.25) is 0 Å². The summed E-state index contributed by atoms with van der Waals surface area (Å²) in [5.41, 5.74) is 6.15. The minimum absolute atomic E-state index is 0.640. The summed E-state index contributed by atoms with van der Waals surface area (Å²) in [7, 11) is 0. The molecular formula is C6H7ClN2S. The first kappa shape index (κ1) is 7.72. The molecule has 0 fully saturated rings. The summed E-state index contributed by atoms with van der Waals surface area (Å²) < 4.78 is 0. The molecule has 4 heteroatoms. The summed E-state index contributed by atoms with van der Waals surface area (Å²) in [6.07, 6.45) is 0. The Hall–Kier alpha value is -0.380. The van der Waals surface area contributed by atoms with Gasteiger partial charge < -0.3 is 5.73 Å². The molecule has 0 bridgehead atoms. The number of hydrogen-bond acceptors (Lipinski definition) is 3. The zero-order valence-corrected chi connectivity index (χ0v) is 6.75. The zero-order valence-electron chi connectivity index (χ0n) is 5.17. The lowest BCUT2D eigenvalue weighted by Gasteiger charge is -1.99. The molecule has 0 aliphatic rings. The van der Waals surface area contributed by atoms with E-state index in [1.165, 1.54) is 0 Å². The van der Waals surface area contributed by atoms with E-state index in [-0.39, 0.29) is 0 Å². The number of nitrogens with two attached hydrogens (primary N) is 2. The molecule has 0 aromatic heterocycles. The predicted octanol–water partition coefficient (Wildman–Crippen LogP) is 1.89. The monoisotopic (exact) mass is 174 g/mol. The van der Waals surface area contributed by atoms with Gasteiger partial charge in [0.1, 0.15) is 0 Å². The molecule has 10 heavy (non-hydrogen) atoms. The SMILES string of the molecule is NSc1cc(N)ccc1Cl. The number of hydrogen-bond donors (Lipinski definition) is 2. The van der Waals surface area contributed by atoms with Crippen LogP contribution in [0.5, 0.6) is 0 Å². The first-order valence-electron chi connectivity index (χ1n) is 2.66. The highest BCUT2D eigenvalue weighted by Crippen LogP contribution is 2.24. The van der Waals surface area contributed by atoms with Gasteiger partial charge in [-0.15, -0.1) is 0 Å². The molecule has 0 aliphatic carbocycles. The van der Waals surface area contributed by atoms with Crippen molar-refractivity contribution in [2.75, 3.05) is 5.73 Å². The highest BCUT2D eigenvalue weighted by Gasteiger charge is 1.97. The molecule has 0 saturated carbocycles. The van der Waals surface area contributed by atoms with Crippen molar-refractivity contribution in [2.24, 2.45) is 5.14 Å². The van der Waals surface area contributed by atoms with E-state index in [0.717, 1.165) is 16.8 Å². The maximum Gasteiger partial charge on any atom is 0.0556 e. The van der Waals surface area contributed by atoms with Crippen molar-refractivity contribution < 1.29 is 0 Å². The smallest absolute Gasteiger partial charge is 0.0556 e. The lowest BCUT2D eigenvalue weighted by atomic mass is 10.3. The van der Waals surface area contributed by atoms with Crippen LogP contribution in [0.2, 0.25) is 5.02 Å². The van der Waals surface area contributed by atoms with E-state index in [2.05, 4.69) is 0 Å². The van der Waals surface area contributed by atoms with Crippen molar-refractivity contribution in [3.8, 4) is 0 Å². The Morgan fingerprint density at radius 2 is 2.10 bits per heavy atom. The van der Waals surface area contributed by atoms with Crippen LogP contribution in [-0.4, -0.2) is 0 Å². The topological polar surface area (TPSA) is 52.0 Å². The Morgan fingerprint density at radius 1 is 1.40 bits per heavy atom. The van der Waals surface area contributed by atoms with Crippen LogP contribution in [0.15, 0.2) is 23.1 Å². The van der Waals surface area contributed by atoms with E-state index >= 15 is 0 Å². The van der Waals surface area contributed by atoms with Gasteiger partial charge in [-0.25, -0.2) is 0 Å². The standard InChI is InChI=1S/C6H7ClN2S/c7-5-2-1-4(8)3-6(5)10-9/h1-3H,8-9H2. The van der Waals surface area contributed by atoms with Crippen LogP contribution in [0.1, 0.15) is 0 Å². The second-order valence-electron chi connectivity index (χ2n) is 1.81. The first-order chi connectivity index (χ1) is 4.74. The quantitative estimate of drug-likeness (QED) is 0.505. The van der Waals surface area contributed by atoms with E-state index in [1.807, 2.05) is 0 Å². The van der Waals surface area contributed by atoms with Gasteiger partial charge >= 0.3 is 0 Å². The van der Waals surface area contributed by atoms with Gasteiger partial charge in [-0.2, -0.15) is 0 Å². The van der Waals surface area contributed by atoms with Gasteiger partial charge in [0, 0.05) is 10.6 Å². The third-order valence-corrected chi connectivity index (χ3v) is 2.12. The molecule has 0 atom stereocenters. The lowest BCUT2D eigenvalue weighted by Crippen LogP contribution is -1.86. The molecule has 0 spiro atoms. The van der Waals surface area contributed by atoms with Crippen LogP contribution in [0.4, 0.5) is 5.69 Å². The molecule has 0 unspecified atom stereocenters. The lowest BCUT2D eigenvalue weighted by molar-refractivity contribution is 1.46. The van der Waals surface area contributed by atoms with E-state index in [4.69, 9.17) is 22.5 Å². The highest BCUT2D eigenvalue weighted by molar-refractivity contribution is 7.97. The van der Waals surface area contributed by atoms with Gasteiger partial charge in [-0.05, 0) is 30.1 Å². The van der Waals surface area contributed by atoms with Crippen molar-refractivity contribution in [2.45, 2.75) is 4.90 Å². The molecule has 0 radical (unpaired) electrons. The second-order valence-corrected chi connectivity index (χ2v) is 2.89. The highest BCUT2D eigenvalue weighted by atomic mass is 35.5. The Balaban J connectivity index is 3.09. The van der Waals surface area contributed by atoms with Gasteiger partial charge in [0.15, 0.2) is 0 Å². The molecule has 0 heterocycles. The Morgan fingerprint density at radius 3 is 2.60 bits per heavy atom. The maximum absolute atomic E-state index is 5.74. The van der Waals surface area contributed by atoms with E-state index in [1.54, 1.807) is 18.2 Å². The molecule has 0 saturated heterocycles. The number of nitrogen functional groups attached to an aromatic ring is 1. The van der Waals surface area contributed by atoms with Crippen LogP contribution >= 0.6 is 23.5 Å². The third kappa shape index (κ3) is 1.56. The van der Waals surface area contributed by atoms with Crippen LogP contribution in [-0.2, 0) is 0 Å². The van der Waals surface area contributed by atoms with Crippen LogP contribution in [0, 0.1) is 0 Å². The van der Waals surface area contributed by atoms with Crippen LogP contribution < -0.4 is 10.9 Å². The van der Waals surface area contributed by atoms with Crippen molar-refractivity contribution in [1.29, 1.82) is 0 Å². The van der Waals surface area contributed by atoms with E-state index in [9.17, 15) is 0 Å². The summed E-state index contributed by atoms with van der Waals surface area (Å²) in [5, 5.41) is 5.94. The summed E-state index contributed by atoms with van der Waals surface area (Å²) in [6.45, 7) is 0. The van der Waals surface area contributed by atoms with Gasteiger partial charge in [0.05, 0.1) is 5.02 Å². The van der Waals surface area contributed by atoms with Crippen molar-refractivity contribution in [3.05, 3.63) is 23.2 Å². The third-order valence-electron chi connectivity index (χ3n) is 1.08. The van der Waals surface area contributed by atoms with Crippen LogP contribution in [0.25, 0.3) is 0 Å². The average Bonchev–Trinajstić information content (AvgIpc) is 1.94. The summed E-state index contributed by atoms with van der Waals surface area (Å²) in [5.74, 6) is 0. The van der Waals surface area contributed by atoms with Crippen molar-refractivity contribution >= 4 is 29.2 Å². The fourth-order valence-corrected chi connectivity index (χ4v) is 1.25. The molecule has 1 aromatic rings. The predicted molar refractivity (Wildman–Crippen MR) is 45.9 cm³/mol. The molecule has 54 valence electrons. The zero-order chi connectivity index (χ0) is 7.56. The average molecular weight is 175 g/mol. The summed E-state index contributed by atoms with van der Waals surface area (Å²) in [6, 6.07) is 5.21. The van der Waals surface area contributed by atoms with Crippen molar-refractivity contribution in [3.63, 3.8) is 0 Å². The molecule has 0 aliphatic heterocycles. The van der Waals surface area contributed by atoms with Crippen molar-refractivity contribution in [1.82, 2.24) is 0 Å². The van der Waals surface area contributed by atoms with Gasteiger partial charge in [-0.3, -0.25) is 5.14 Å². The van der Waals surface area contributed by atoms with E-state index < -0.39 is 0 Å². The fourth-order valence-electron chi connectivity index (χ4n) is 0.610. The Bertz CT molecular complexity index is 239. The molecule has 1 aromatic carbocycles. The molecular weight excluding hydrogens is 168 g/mol. The van der Waals surface area contributed by atoms with Crippen LogP contribution in [0.3, 0.4) is 0 Å². The number of halogens is 1. The van der Waals surface area contributed by atoms with Gasteiger partial charge in [0.25, 0.3) is 0 Å². The minimum atomic E-state index is 0.640. The number of rotatable bonds is 1. The molecule has 0 amide bonds. The largest absolute Gasteiger partial charge is 0.399 e.